The summed E-state index contributed by atoms with van der Waals surface area (Å²) in [6.07, 6.45) is 2.12. The summed E-state index contributed by atoms with van der Waals surface area (Å²) in [6.45, 7) is 2.70. The molecule has 0 radical (unpaired) electrons. The van der Waals surface area contributed by atoms with Crippen LogP contribution in [0.3, 0.4) is 0 Å². The van der Waals surface area contributed by atoms with Gasteiger partial charge in [0.1, 0.15) is 0 Å². The summed E-state index contributed by atoms with van der Waals surface area (Å²) < 4.78 is 31.0. The third-order valence-electron chi connectivity index (χ3n) is 3.66. The van der Waals surface area contributed by atoms with Gasteiger partial charge in [-0.05, 0) is 38.0 Å². The fraction of sp³-hybridized carbons (Fsp3) is 0.571. The second-order valence-corrected chi connectivity index (χ2v) is 7.58. The van der Waals surface area contributed by atoms with Gasteiger partial charge in [0.25, 0.3) is 0 Å². The topological polar surface area (TPSA) is 84.7 Å². The van der Waals surface area contributed by atoms with E-state index in [1.165, 1.54) is 24.5 Å². The van der Waals surface area contributed by atoms with Gasteiger partial charge in [-0.2, -0.15) is 0 Å². The molecule has 2 rings (SSSR count). The second kappa shape index (κ2) is 6.21. The van der Waals surface area contributed by atoms with Crippen LogP contribution in [0.1, 0.15) is 19.8 Å². The SMILES string of the molecule is CCOC1CC(Nc2cc(S(=O)(=O)N(C)C)ccc2N)C1. The van der Waals surface area contributed by atoms with Crippen molar-refractivity contribution in [3.05, 3.63) is 18.2 Å². The zero-order chi connectivity index (χ0) is 15.6. The summed E-state index contributed by atoms with van der Waals surface area (Å²) in [5.41, 5.74) is 7.14. The van der Waals surface area contributed by atoms with E-state index in [4.69, 9.17) is 10.5 Å². The molecule has 1 aromatic rings. The van der Waals surface area contributed by atoms with Gasteiger partial charge in [0.05, 0.1) is 22.4 Å². The van der Waals surface area contributed by atoms with E-state index >= 15 is 0 Å². The smallest absolute Gasteiger partial charge is 0.242 e. The lowest BCUT2D eigenvalue weighted by atomic mass is 9.89. The highest BCUT2D eigenvalue weighted by atomic mass is 32.2. The summed E-state index contributed by atoms with van der Waals surface area (Å²) in [6, 6.07) is 5.02. The molecule has 1 aliphatic carbocycles. The largest absolute Gasteiger partial charge is 0.397 e. The van der Waals surface area contributed by atoms with E-state index < -0.39 is 10.0 Å². The van der Waals surface area contributed by atoms with Crippen LogP contribution in [-0.4, -0.2) is 45.6 Å². The maximum Gasteiger partial charge on any atom is 0.242 e. The Labute approximate surface area is 126 Å². The lowest BCUT2D eigenvalue weighted by Gasteiger charge is -2.36. The van der Waals surface area contributed by atoms with Crippen molar-refractivity contribution in [1.82, 2.24) is 4.31 Å². The highest BCUT2D eigenvalue weighted by Gasteiger charge is 2.30. The molecule has 1 saturated carbocycles. The molecule has 0 atom stereocenters. The van der Waals surface area contributed by atoms with Crippen molar-refractivity contribution in [2.24, 2.45) is 0 Å². The predicted octanol–water partition coefficient (Wildman–Crippen LogP) is 1.50. The van der Waals surface area contributed by atoms with Gasteiger partial charge in [0.2, 0.25) is 10.0 Å². The number of sulfonamides is 1. The Morgan fingerprint density at radius 1 is 1.38 bits per heavy atom. The number of anilines is 2. The summed E-state index contributed by atoms with van der Waals surface area (Å²) in [5.74, 6) is 0. The van der Waals surface area contributed by atoms with Crippen molar-refractivity contribution < 1.29 is 13.2 Å². The molecule has 0 aliphatic heterocycles. The Morgan fingerprint density at radius 3 is 2.62 bits per heavy atom. The fourth-order valence-electron chi connectivity index (χ4n) is 2.31. The highest BCUT2D eigenvalue weighted by Crippen LogP contribution is 2.30. The number of rotatable bonds is 6. The van der Waals surface area contributed by atoms with Crippen LogP contribution >= 0.6 is 0 Å². The van der Waals surface area contributed by atoms with Gasteiger partial charge in [-0.15, -0.1) is 0 Å². The van der Waals surface area contributed by atoms with Crippen LogP contribution in [0.15, 0.2) is 23.1 Å². The maximum absolute atomic E-state index is 12.1. The monoisotopic (exact) mass is 313 g/mol. The van der Waals surface area contributed by atoms with E-state index in [-0.39, 0.29) is 10.9 Å². The average Bonchev–Trinajstić information content (AvgIpc) is 2.38. The molecule has 1 aliphatic rings. The van der Waals surface area contributed by atoms with Crippen molar-refractivity contribution in [3.8, 4) is 0 Å². The molecule has 7 heteroatoms. The molecular formula is C14H23N3O3S. The molecule has 0 heterocycles. The summed E-state index contributed by atoms with van der Waals surface area (Å²) in [5, 5.41) is 3.30. The first-order chi connectivity index (χ1) is 9.84. The number of nitrogens with one attached hydrogen (secondary N) is 1. The number of hydrogen-bond acceptors (Lipinski definition) is 5. The molecule has 0 aromatic heterocycles. The van der Waals surface area contributed by atoms with Crippen molar-refractivity contribution >= 4 is 21.4 Å². The molecule has 0 amide bonds. The number of benzene rings is 1. The molecule has 21 heavy (non-hydrogen) atoms. The van der Waals surface area contributed by atoms with Crippen LogP contribution in [-0.2, 0) is 14.8 Å². The number of ether oxygens (including phenoxy) is 1. The first-order valence-electron chi connectivity index (χ1n) is 7.04. The Morgan fingerprint density at radius 2 is 2.05 bits per heavy atom. The maximum atomic E-state index is 12.1. The van der Waals surface area contributed by atoms with Crippen LogP contribution in [0.4, 0.5) is 11.4 Å². The molecule has 0 bridgehead atoms. The molecule has 3 N–H and O–H groups in total. The highest BCUT2D eigenvalue weighted by molar-refractivity contribution is 7.89. The number of hydrogen-bond donors (Lipinski definition) is 2. The molecular weight excluding hydrogens is 290 g/mol. The lowest BCUT2D eigenvalue weighted by molar-refractivity contribution is 0.00300. The average molecular weight is 313 g/mol. The van der Waals surface area contributed by atoms with Crippen molar-refractivity contribution in [2.75, 3.05) is 31.8 Å². The molecule has 118 valence electrons. The molecule has 0 unspecified atom stereocenters. The van der Waals surface area contributed by atoms with Crippen molar-refractivity contribution in [2.45, 2.75) is 36.8 Å². The van der Waals surface area contributed by atoms with Gasteiger partial charge in [-0.25, -0.2) is 12.7 Å². The Hall–Kier alpha value is -1.31. The minimum absolute atomic E-state index is 0.241. The van der Waals surface area contributed by atoms with E-state index in [1.807, 2.05) is 6.92 Å². The van der Waals surface area contributed by atoms with Crippen LogP contribution in [0, 0.1) is 0 Å². The molecule has 1 fully saturated rings. The first-order valence-corrected chi connectivity index (χ1v) is 8.48. The van der Waals surface area contributed by atoms with Gasteiger partial charge < -0.3 is 15.8 Å². The molecule has 0 spiro atoms. The van der Waals surface area contributed by atoms with E-state index in [0.717, 1.165) is 19.4 Å². The van der Waals surface area contributed by atoms with E-state index in [1.54, 1.807) is 12.1 Å². The molecule has 1 aromatic carbocycles. The van der Waals surface area contributed by atoms with Gasteiger partial charge >= 0.3 is 0 Å². The summed E-state index contributed by atoms with van der Waals surface area (Å²) in [4.78, 5) is 0.241. The van der Waals surface area contributed by atoms with Crippen LogP contribution < -0.4 is 11.1 Å². The molecule has 6 nitrogen and oxygen atoms in total. The third kappa shape index (κ3) is 3.48. The van der Waals surface area contributed by atoms with Crippen molar-refractivity contribution in [1.29, 1.82) is 0 Å². The van der Waals surface area contributed by atoms with Crippen LogP contribution in [0.25, 0.3) is 0 Å². The van der Waals surface area contributed by atoms with Gasteiger partial charge in [-0.3, -0.25) is 0 Å². The number of nitrogens with zero attached hydrogens (tertiary/aromatic N) is 1. The van der Waals surface area contributed by atoms with Crippen LogP contribution in [0.2, 0.25) is 0 Å². The summed E-state index contributed by atoms with van der Waals surface area (Å²) >= 11 is 0. The zero-order valence-corrected chi connectivity index (χ0v) is 13.5. The van der Waals surface area contributed by atoms with Gasteiger partial charge in [0, 0.05) is 26.7 Å². The van der Waals surface area contributed by atoms with Gasteiger partial charge in [-0.1, -0.05) is 0 Å². The number of nitrogens with two attached hydrogens (primary N) is 1. The van der Waals surface area contributed by atoms with E-state index in [9.17, 15) is 8.42 Å². The first kappa shape index (κ1) is 16.1. The van der Waals surface area contributed by atoms with Gasteiger partial charge in [0.15, 0.2) is 0 Å². The second-order valence-electron chi connectivity index (χ2n) is 5.43. The van der Waals surface area contributed by atoms with E-state index in [0.29, 0.717) is 17.5 Å². The Kier molecular flexibility index (Phi) is 4.75. The van der Waals surface area contributed by atoms with Crippen LogP contribution in [0.5, 0.6) is 0 Å². The lowest BCUT2D eigenvalue weighted by Crippen LogP contribution is -2.41. The zero-order valence-electron chi connectivity index (χ0n) is 12.7. The quantitative estimate of drug-likeness (QED) is 0.778. The Bertz CT molecular complexity index is 595. The minimum Gasteiger partial charge on any atom is -0.397 e. The van der Waals surface area contributed by atoms with E-state index in [2.05, 4.69) is 5.32 Å². The molecule has 0 saturated heterocycles. The standard InChI is InChI=1S/C14H23N3O3S/c1-4-20-11-7-10(8-11)16-14-9-12(5-6-13(14)15)21(18,19)17(2)3/h5-6,9-11,16H,4,7-8,15H2,1-3H3. The van der Waals surface area contributed by atoms with Crippen molar-refractivity contribution in [3.63, 3.8) is 0 Å². The fourth-order valence-corrected chi connectivity index (χ4v) is 3.24. The Balaban J connectivity index is 2.11. The third-order valence-corrected chi connectivity index (χ3v) is 5.47. The minimum atomic E-state index is -3.45. The summed E-state index contributed by atoms with van der Waals surface area (Å²) in [7, 11) is -0.424. The normalized spacial score (nSPS) is 22.1. The predicted molar refractivity (Wildman–Crippen MR) is 83.8 cm³/mol. The number of nitrogen functional groups attached to an aromatic ring is 1.